The van der Waals surface area contributed by atoms with Crippen LogP contribution in [0.1, 0.15) is 30.9 Å². The lowest BCUT2D eigenvalue weighted by molar-refractivity contribution is 0.259. The molecule has 1 aromatic carbocycles. The fraction of sp³-hybridized carbons (Fsp3) is 0.467. The molecule has 110 valence electrons. The Morgan fingerprint density at radius 2 is 1.95 bits per heavy atom. The molecule has 5 nitrogen and oxygen atoms in total. The maximum Gasteiger partial charge on any atom is 0.348 e. The largest absolute Gasteiger partial charge is 0.369 e. The molecule has 1 aromatic rings. The third kappa shape index (κ3) is 4.57. The van der Waals surface area contributed by atoms with Crippen molar-refractivity contribution < 1.29 is 4.79 Å². The maximum atomic E-state index is 11.9. The Labute approximate surface area is 120 Å². The first-order valence-electron chi connectivity index (χ1n) is 6.88. The van der Waals surface area contributed by atoms with Crippen LogP contribution in [0.2, 0.25) is 0 Å². The molecule has 0 saturated heterocycles. The van der Waals surface area contributed by atoms with Crippen LogP contribution in [0, 0.1) is 13.8 Å². The number of amides is 2. The van der Waals surface area contributed by atoms with Gasteiger partial charge in [-0.3, -0.25) is 0 Å². The number of guanidine groups is 1. The zero-order valence-corrected chi connectivity index (χ0v) is 12.7. The molecule has 0 aliphatic carbocycles. The van der Waals surface area contributed by atoms with Gasteiger partial charge in [-0.2, -0.15) is 4.99 Å². The minimum atomic E-state index is -0.441. The SMILES string of the molecule is CCCCN(C)C(N)=NC(=O)Nc1c(C)cccc1C. The highest BCUT2D eigenvalue weighted by Crippen LogP contribution is 2.19. The van der Waals surface area contributed by atoms with E-state index in [1.165, 1.54) is 0 Å². The molecule has 0 spiro atoms. The molecule has 0 radical (unpaired) electrons. The van der Waals surface area contributed by atoms with Crippen molar-refractivity contribution in [2.24, 2.45) is 10.7 Å². The number of nitrogens with two attached hydrogens (primary N) is 1. The van der Waals surface area contributed by atoms with Crippen molar-refractivity contribution in [2.75, 3.05) is 18.9 Å². The van der Waals surface area contributed by atoms with Crippen molar-refractivity contribution in [2.45, 2.75) is 33.6 Å². The minimum Gasteiger partial charge on any atom is -0.369 e. The number of aliphatic imine (C=N–C) groups is 1. The summed E-state index contributed by atoms with van der Waals surface area (Å²) in [5.41, 5.74) is 8.61. The molecule has 0 bridgehead atoms. The van der Waals surface area contributed by atoms with Crippen molar-refractivity contribution >= 4 is 17.7 Å². The topological polar surface area (TPSA) is 70.7 Å². The summed E-state index contributed by atoms with van der Waals surface area (Å²) in [6.45, 7) is 6.80. The number of unbranched alkanes of at least 4 members (excludes halogenated alkanes) is 1. The lowest BCUT2D eigenvalue weighted by atomic mass is 10.1. The van der Waals surface area contributed by atoms with Gasteiger partial charge in [0.05, 0.1) is 0 Å². The van der Waals surface area contributed by atoms with E-state index < -0.39 is 6.03 Å². The third-order valence-corrected chi connectivity index (χ3v) is 3.17. The average Bonchev–Trinajstić information content (AvgIpc) is 2.40. The van der Waals surface area contributed by atoms with Crippen molar-refractivity contribution in [3.05, 3.63) is 29.3 Å². The molecule has 1 rings (SSSR count). The quantitative estimate of drug-likeness (QED) is 0.656. The summed E-state index contributed by atoms with van der Waals surface area (Å²) >= 11 is 0. The molecule has 0 aromatic heterocycles. The summed E-state index contributed by atoms with van der Waals surface area (Å²) in [4.78, 5) is 17.6. The minimum absolute atomic E-state index is 0.238. The summed E-state index contributed by atoms with van der Waals surface area (Å²) in [6.07, 6.45) is 2.09. The number of nitrogens with zero attached hydrogens (tertiary/aromatic N) is 2. The number of nitrogens with one attached hydrogen (secondary N) is 1. The van der Waals surface area contributed by atoms with Gasteiger partial charge in [-0.1, -0.05) is 31.5 Å². The van der Waals surface area contributed by atoms with Gasteiger partial charge in [-0.05, 0) is 31.4 Å². The normalized spacial score (nSPS) is 11.3. The van der Waals surface area contributed by atoms with Gasteiger partial charge >= 0.3 is 6.03 Å². The second kappa shape index (κ2) is 7.53. The van der Waals surface area contributed by atoms with Gasteiger partial charge in [-0.15, -0.1) is 0 Å². The smallest absolute Gasteiger partial charge is 0.348 e. The Morgan fingerprint density at radius 3 is 2.50 bits per heavy atom. The number of urea groups is 1. The Balaban J connectivity index is 2.72. The van der Waals surface area contributed by atoms with Crippen LogP contribution in [0.4, 0.5) is 10.5 Å². The van der Waals surface area contributed by atoms with Gasteiger partial charge < -0.3 is 16.0 Å². The summed E-state index contributed by atoms with van der Waals surface area (Å²) in [5.74, 6) is 0.238. The number of carbonyl (C=O) groups is 1. The lowest BCUT2D eigenvalue weighted by Crippen LogP contribution is -2.35. The second-order valence-electron chi connectivity index (χ2n) is 4.94. The highest BCUT2D eigenvalue weighted by atomic mass is 16.2. The van der Waals surface area contributed by atoms with E-state index in [2.05, 4.69) is 17.2 Å². The first kappa shape index (κ1) is 16.0. The molecule has 0 heterocycles. The van der Waals surface area contributed by atoms with E-state index in [0.29, 0.717) is 0 Å². The highest BCUT2D eigenvalue weighted by molar-refractivity contribution is 5.99. The van der Waals surface area contributed by atoms with Gasteiger partial charge in [0.15, 0.2) is 0 Å². The van der Waals surface area contributed by atoms with Crippen LogP contribution >= 0.6 is 0 Å². The summed E-state index contributed by atoms with van der Waals surface area (Å²) < 4.78 is 0. The van der Waals surface area contributed by atoms with Gasteiger partial charge in [0, 0.05) is 19.3 Å². The first-order chi connectivity index (χ1) is 9.45. The summed E-state index contributed by atoms with van der Waals surface area (Å²) in [7, 11) is 1.83. The third-order valence-electron chi connectivity index (χ3n) is 3.17. The maximum absolute atomic E-state index is 11.9. The van der Waals surface area contributed by atoms with Crippen LogP contribution in [-0.2, 0) is 0 Å². The highest BCUT2D eigenvalue weighted by Gasteiger charge is 2.08. The molecule has 2 amide bonds. The molecule has 0 aliphatic heterocycles. The Kier molecular flexibility index (Phi) is 6.03. The molecule has 0 unspecified atom stereocenters. The summed E-state index contributed by atoms with van der Waals surface area (Å²) in [6, 6.07) is 5.41. The number of carbonyl (C=O) groups excluding carboxylic acids is 1. The number of para-hydroxylation sites is 1. The van der Waals surface area contributed by atoms with E-state index in [9.17, 15) is 4.79 Å². The number of rotatable bonds is 4. The summed E-state index contributed by atoms with van der Waals surface area (Å²) in [5, 5.41) is 2.79. The Morgan fingerprint density at radius 1 is 1.35 bits per heavy atom. The number of aryl methyl sites for hydroxylation is 2. The fourth-order valence-corrected chi connectivity index (χ4v) is 1.85. The van der Waals surface area contributed by atoms with Crippen LogP contribution in [0.5, 0.6) is 0 Å². The van der Waals surface area contributed by atoms with Gasteiger partial charge in [-0.25, -0.2) is 4.79 Å². The van der Waals surface area contributed by atoms with Crippen molar-refractivity contribution in [3.8, 4) is 0 Å². The van der Waals surface area contributed by atoms with Gasteiger partial charge in [0.1, 0.15) is 0 Å². The van der Waals surface area contributed by atoms with Crippen molar-refractivity contribution in [1.82, 2.24) is 4.90 Å². The van der Waals surface area contributed by atoms with Crippen LogP contribution in [0.25, 0.3) is 0 Å². The first-order valence-corrected chi connectivity index (χ1v) is 6.88. The number of anilines is 1. The zero-order chi connectivity index (χ0) is 15.1. The standard InChI is InChI=1S/C15H24N4O/c1-5-6-10-19(4)14(16)18-15(20)17-13-11(2)8-7-9-12(13)3/h7-9H,5-6,10H2,1-4H3,(H3,16,17,18,20). The second-order valence-corrected chi connectivity index (χ2v) is 4.94. The molecule has 20 heavy (non-hydrogen) atoms. The van der Waals surface area contributed by atoms with E-state index in [1.807, 2.05) is 39.1 Å². The monoisotopic (exact) mass is 276 g/mol. The van der Waals surface area contributed by atoms with Crippen LogP contribution in [-0.4, -0.2) is 30.5 Å². The molecule has 0 aliphatic rings. The average molecular weight is 276 g/mol. The predicted molar refractivity (Wildman–Crippen MR) is 84.1 cm³/mol. The molecule has 0 fully saturated rings. The fourth-order valence-electron chi connectivity index (χ4n) is 1.85. The van der Waals surface area contributed by atoms with Crippen LogP contribution in [0.15, 0.2) is 23.2 Å². The van der Waals surface area contributed by atoms with E-state index in [-0.39, 0.29) is 5.96 Å². The van der Waals surface area contributed by atoms with Crippen LogP contribution in [0.3, 0.4) is 0 Å². The predicted octanol–water partition coefficient (Wildman–Crippen LogP) is 2.88. The lowest BCUT2D eigenvalue weighted by Gasteiger charge is -2.17. The zero-order valence-electron chi connectivity index (χ0n) is 12.7. The van der Waals surface area contributed by atoms with E-state index in [1.54, 1.807) is 4.90 Å². The molecule has 0 saturated carbocycles. The molecular weight excluding hydrogens is 252 g/mol. The number of hydrogen-bond acceptors (Lipinski definition) is 1. The van der Waals surface area contributed by atoms with Crippen molar-refractivity contribution in [1.29, 1.82) is 0 Å². The van der Waals surface area contributed by atoms with Crippen molar-refractivity contribution in [3.63, 3.8) is 0 Å². The van der Waals surface area contributed by atoms with E-state index >= 15 is 0 Å². The Bertz CT molecular complexity index is 476. The molecule has 5 heteroatoms. The van der Waals surface area contributed by atoms with E-state index in [4.69, 9.17) is 5.73 Å². The van der Waals surface area contributed by atoms with Crippen LogP contribution < -0.4 is 11.1 Å². The number of hydrogen-bond donors (Lipinski definition) is 2. The molecular formula is C15H24N4O. The van der Waals surface area contributed by atoms with Gasteiger partial charge in [0.25, 0.3) is 0 Å². The molecule has 0 atom stereocenters. The Hall–Kier alpha value is -2.04. The number of benzene rings is 1. The van der Waals surface area contributed by atoms with Gasteiger partial charge in [0.2, 0.25) is 5.96 Å². The van der Waals surface area contributed by atoms with E-state index in [0.717, 1.165) is 36.2 Å². The molecule has 3 N–H and O–H groups in total.